The molecule has 0 unspecified atom stereocenters. The molecular weight excluding hydrogens is 474 g/mol. The lowest BCUT2D eigenvalue weighted by molar-refractivity contribution is 0.400. The van der Waals surface area contributed by atoms with Crippen LogP contribution in [0.4, 0.5) is 26.3 Å². The smallest absolute Gasteiger partial charge is 0.210 e. The van der Waals surface area contributed by atoms with Gasteiger partial charge in [-0.25, -0.2) is 47.9 Å². The van der Waals surface area contributed by atoms with Crippen LogP contribution in [0.1, 0.15) is 12.8 Å². The third-order valence-electron chi connectivity index (χ3n) is 4.40. The lowest BCUT2D eigenvalue weighted by atomic mass is 10.3. The molecule has 1 N–H and O–H groups in total. The predicted molar refractivity (Wildman–Crippen MR) is 94.7 cm³/mol. The normalized spacial score (nSPS) is 14.9. The maximum Gasteiger partial charge on any atom is 0.246 e. The summed E-state index contributed by atoms with van der Waals surface area (Å²) in [4.78, 5) is -2.33. The van der Waals surface area contributed by atoms with Gasteiger partial charge in [-0.3, -0.25) is 0 Å². The number of sulfonamides is 2. The van der Waals surface area contributed by atoms with E-state index < -0.39 is 83.9 Å². The van der Waals surface area contributed by atoms with Crippen LogP contribution in [0.2, 0.25) is 0 Å². The fraction of sp³-hybridized carbons (Fsp3) is 0.294. The minimum atomic E-state index is -4.70. The van der Waals surface area contributed by atoms with E-state index in [0.29, 0.717) is 17.1 Å². The minimum Gasteiger partial charge on any atom is -0.210 e. The Morgan fingerprint density at radius 1 is 0.742 bits per heavy atom. The fourth-order valence-corrected chi connectivity index (χ4v) is 5.60. The van der Waals surface area contributed by atoms with E-state index in [2.05, 4.69) is 0 Å². The maximum atomic E-state index is 14.0. The van der Waals surface area contributed by atoms with Gasteiger partial charge >= 0.3 is 0 Å². The van der Waals surface area contributed by atoms with Crippen LogP contribution >= 0.6 is 0 Å². The molecule has 31 heavy (non-hydrogen) atoms. The molecule has 2 aromatic carbocycles. The highest BCUT2D eigenvalue weighted by atomic mass is 32.2. The molecule has 0 amide bonds. The van der Waals surface area contributed by atoms with Crippen LogP contribution in [0.25, 0.3) is 0 Å². The number of nitrogens with zero attached hydrogens (tertiary/aromatic N) is 1. The highest BCUT2D eigenvalue weighted by Crippen LogP contribution is 2.33. The van der Waals surface area contributed by atoms with Gasteiger partial charge in [0, 0.05) is 31.3 Å². The summed E-state index contributed by atoms with van der Waals surface area (Å²) in [6, 6.07) is -0.226. The van der Waals surface area contributed by atoms with Crippen molar-refractivity contribution in [2.24, 2.45) is 0 Å². The first-order valence-corrected chi connectivity index (χ1v) is 11.6. The summed E-state index contributed by atoms with van der Waals surface area (Å²) in [6.07, 6.45) is 0.712. The molecule has 0 radical (unpaired) electrons. The summed E-state index contributed by atoms with van der Waals surface area (Å²) in [5, 5.41) is 0. The van der Waals surface area contributed by atoms with Gasteiger partial charge in [-0.2, -0.15) is 4.31 Å². The number of hydrogen-bond donors (Lipinski definition) is 1. The zero-order valence-electron chi connectivity index (χ0n) is 15.4. The van der Waals surface area contributed by atoms with Gasteiger partial charge in [0.05, 0.1) is 0 Å². The first-order chi connectivity index (χ1) is 14.3. The van der Waals surface area contributed by atoms with Gasteiger partial charge in [0.1, 0.15) is 21.4 Å². The van der Waals surface area contributed by atoms with E-state index in [-0.39, 0.29) is 24.3 Å². The van der Waals surface area contributed by atoms with Gasteiger partial charge in [-0.05, 0) is 25.0 Å². The van der Waals surface area contributed by atoms with E-state index in [1.807, 2.05) is 4.72 Å². The molecule has 170 valence electrons. The molecule has 0 saturated heterocycles. The largest absolute Gasteiger partial charge is 0.246 e. The van der Waals surface area contributed by atoms with Gasteiger partial charge in [-0.15, -0.1) is 0 Å². The minimum absolute atomic E-state index is 0.0384. The Labute approximate surface area is 173 Å². The van der Waals surface area contributed by atoms with Crippen molar-refractivity contribution in [2.75, 3.05) is 13.1 Å². The molecular formula is C17H14F6N2O4S2. The van der Waals surface area contributed by atoms with Gasteiger partial charge in [0.25, 0.3) is 0 Å². The molecule has 6 nitrogen and oxygen atoms in total. The number of halogens is 6. The number of rotatable bonds is 8. The van der Waals surface area contributed by atoms with E-state index >= 15 is 0 Å². The Morgan fingerprint density at radius 2 is 1.19 bits per heavy atom. The Hall–Kier alpha value is -2.16. The first-order valence-electron chi connectivity index (χ1n) is 8.65. The zero-order valence-corrected chi connectivity index (χ0v) is 17.0. The quantitative estimate of drug-likeness (QED) is 0.458. The Kier molecular flexibility index (Phi) is 6.37. The summed E-state index contributed by atoms with van der Waals surface area (Å²) in [6.45, 7) is -1.22. The summed E-state index contributed by atoms with van der Waals surface area (Å²) in [7, 11) is -9.38. The SMILES string of the molecule is O=S(=O)(NCCN(C1CC1)S(=O)(=O)c1cc(F)c(F)cc1F)c1cc(F)c(F)cc1F. The molecule has 0 heterocycles. The average Bonchev–Trinajstić information content (AvgIpc) is 3.49. The van der Waals surface area contributed by atoms with Crippen LogP contribution in [-0.4, -0.2) is 40.3 Å². The first kappa shape index (κ1) is 23.5. The molecule has 1 aliphatic carbocycles. The molecule has 1 aliphatic rings. The van der Waals surface area contributed by atoms with Gasteiger partial charge in [-0.1, -0.05) is 0 Å². The second kappa shape index (κ2) is 8.41. The van der Waals surface area contributed by atoms with Crippen molar-refractivity contribution in [3.8, 4) is 0 Å². The average molecular weight is 488 g/mol. The molecule has 14 heteroatoms. The van der Waals surface area contributed by atoms with Crippen LogP contribution in [0.3, 0.4) is 0 Å². The van der Waals surface area contributed by atoms with Crippen LogP contribution < -0.4 is 4.72 Å². The number of nitrogens with one attached hydrogen (secondary N) is 1. The van der Waals surface area contributed by atoms with Gasteiger partial charge in [0.2, 0.25) is 20.0 Å². The summed E-state index contributed by atoms with van der Waals surface area (Å²) in [5.41, 5.74) is 0. The Bertz CT molecular complexity index is 1230. The van der Waals surface area contributed by atoms with Gasteiger partial charge < -0.3 is 0 Å². The van der Waals surface area contributed by atoms with Crippen molar-refractivity contribution in [1.29, 1.82) is 0 Å². The number of benzene rings is 2. The Balaban J connectivity index is 1.81. The molecule has 0 spiro atoms. The summed E-state index contributed by atoms with van der Waals surface area (Å²) < 4.78 is 133. The third kappa shape index (κ3) is 4.86. The maximum absolute atomic E-state index is 14.0. The van der Waals surface area contributed by atoms with Gasteiger partial charge in [0.15, 0.2) is 23.3 Å². The van der Waals surface area contributed by atoms with Crippen molar-refractivity contribution < 1.29 is 43.2 Å². The summed E-state index contributed by atoms with van der Waals surface area (Å²) >= 11 is 0. The standard InChI is InChI=1S/C17H14F6N2O4S2/c18-10-5-14(22)16(7-12(10)20)30(26,27)24-3-4-25(9-1-2-9)31(28,29)17-8-13(21)11(19)6-15(17)23/h5-9,24H,1-4H2. The topological polar surface area (TPSA) is 83.6 Å². The Morgan fingerprint density at radius 3 is 1.71 bits per heavy atom. The van der Waals surface area contributed by atoms with Crippen LogP contribution in [0.15, 0.2) is 34.1 Å². The predicted octanol–water partition coefficient (Wildman–Crippen LogP) is 2.65. The highest BCUT2D eigenvalue weighted by molar-refractivity contribution is 7.89. The van der Waals surface area contributed by atoms with E-state index in [4.69, 9.17) is 0 Å². The molecule has 1 saturated carbocycles. The molecule has 0 bridgehead atoms. The van der Waals surface area contributed by atoms with Crippen LogP contribution in [0.5, 0.6) is 0 Å². The number of hydrogen-bond acceptors (Lipinski definition) is 4. The third-order valence-corrected chi connectivity index (χ3v) is 7.85. The van der Waals surface area contributed by atoms with E-state index in [0.717, 1.165) is 0 Å². The van der Waals surface area contributed by atoms with Crippen LogP contribution in [0, 0.1) is 34.9 Å². The monoisotopic (exact) mass is 488 g/mol. The highest BCUT2D eigenvalue weighted by Gasteiger charge is 2.39. The second-order valence-corrected chi connectivity index (χ2v) is 10.2. The molecule has 1 fully saturated rings. The molecule has 0 atom stereocenters. The van der Waals surface area contributed by atoms with Crippen molar-refractivity contribution in [3.05, 3.63) is 59.2 Å². The lowest BCUT2D eigenvalue weighted by Crippen LogP contribution is -2.40. The zero-order chi connectivity index (χ0) is 23.1. The van der Waals surface area contributed by atoms with E-state index in [1.165, 1.54) is 0 Å². The van der Waals surface area contributed by atoms with Crippen molar-refractivity contribution in [3.63, 3.8) is 0 Å². The molecule has 2 aromatic rings. The molecule has 0 aliphatic heterocycles. The second-order valence-electron chi connectivity index (χ2n) is 6.64. The molecule has 0 aromatic heterocycles. The van der Waals surface area contributed by atoms with E-state index in [1.54, 1.807) is 0 Å². The van der Waals surface area contributed by atoms with Crippen molar-refractivity contribution in [2.45, 2.75) is 28.7 Å². The molecule has 3 rings (SSSR count). The van der Waals surface area contributed by atoms with Crippen molar-refractivity contribution in [1.82, 2.24) is 9.03 Å². The fourth-order valence-electron chi connectivity index (χ4n) is 2.77. The van der Waals surface area contributed by atoms with Crippen molar-refractivity contribution >= 4 is 20.0 Å². The summed E-state index contributed by atoms with van der Waals surface area (Å²) in [5.74, 6) is -9.49. The van der Waals surface area contributed by atoms with Crippen LogP contribution in [-0.2, 0) is 20.0 Å². The van der Waals surface area contributed by atoms with E-state index in [9.17, 15) is 43.2 Å². The lowest BCUT2D eigenvalue weighted by Gasteiger charge is -2.22.